The fraction of sp³-hybridized carbons (Fsp3) is 0.357. The maximum atomic E-state index is 14.4. The van der Waals surface area contributed by atoms with Gasteiger partial charge < -0.3 is 9.45 Å². The second-order valence-corrected chi connectivity index (χ2v) is 6.91. The average Bonchev–Trinajstić information content (AvgIpc) is 3.03. The Morgan fingerprint density at radius 2 is 2.17 bits per heavy atom. The van der Waals surface area contributed by atoms with E-state index in [1.54, 1.807) is 18.3 Å². The molecular weight excluding hydrogens is 337 g/mol. The lowest BCUT2D eigenvalue weighted by atomic mass is 10.2. The van der Waals surface area contributed by atoms with E-state index in [1.807, 2.05) is 4.90 Å². The largest absolute Gasteiger partial charge is 0.616 e. The Labute approximate surface area is 141 Å². The zero-order chi connectivity index (χ0) is 16.2. The van der Waals surface area contributed by atoms with Gasteiger partial charge in [-0.15, -0.1) is 5.10 Å². The molecule has 0 unspecified atom stereocenters. The number of hydrogen-bond donors (Lipinski definition) is 0. The molecule has 1 fully saturated rings. The molecule has 0 bridgehead atoms. The van der Waals surface area contributed by atoms with Gasteiger partial charge in [0.05, 0.1) is 42.4 Å². The van der Waals surface area contributed by atoms with Crippen LogP contribution >= 0.6 is 12.2 Å². The zero-order valence-electron chi connectivity index (χ0n) is 12.2. The predicted octanol–water partition coefficient (Wildman–Crippen LogP) is 1.58. The predicted molar refractivity (Wildman–Crippen MR) is 90.1 cm³/mol. The molecule has 0 radical (unpaired) electrons. The van der Waals surface area contributed by atoms with Crippen LogP contribution in [-0.4, -0.2) is 49.3 Å². The third-order valence-corrected chi connectivity index (χ3v) is 4.97. The fourth-order valence-corrected chi connectivity index (χ4v) is 3.50. The topological polar surface area (TPSA) is 69.4 Å². The maximum absolute atomic E-state index is 14.4. The summed E-state index contributed by atoms with van der Waals surface area (Å²) in [5.74, 6) is 0.825. The zero-order valence-corrected chi connectivity index (χ0v) is 13.8. The Bertz CT molecular complexity index is 739. The van der Waals surface area contributed by atoms with Crippen molar-refractivity contribution in [2.24, 2.45) is 4.99 Å². The molecule has 1 aromatic heterocycles. The lowest BCUT2D eigenvalue weighted by Gasteiger charge is -2.30. The average molecular weight is 351 g/mol. The van der Waals surface area contributed by atoms with Gasteiger partial charge in [0.2, 0.25) is 0 Å². The second kappa shape index (κ2) is 7.18. The lowest BCUT2D eigenvalue weighted by molar-refractivity contribution is 0.580. The highest BCUT2D eigenvalue weighted by molar-refractivity contribution is 7.91. The normalized spacial score (nSPS) is 15.5. The van der Waals surface area contributed by atoms with Gasteiger partial charge in [0.1, 0.15) is 23.0 Å². The first-order valence-electron chi connectivity index (χ1n) is 7.02. The van der Waals surface area contributed by atoms with Crippen LogP contribution < -0.4 is 4.90 Å². The number of halogens is 1. The molecule has 2 aromatic rings. The van der Waals surface area contributed by atoms with Crippen LogP contribution in [0.1, 0.15) is 5.69 Å². The van der Waals surface area contributed by atoms with Gasteiger partial charge in [0.25, 0.3) is 0 Å². The quantitative estimate of drug-likeness (QED) is 0.475. The number of benzene rings is 1. The summed E-state index contributed by atoms with van der Waals surface area (Å²) in [6.45, 7) is 1.51. The van der Waals surface area contributed by atoms with Crippen molar-refractivity contribution in [3.8, 4) is 5.69 Å². The van der Waals surface area contributed by atoms with Crippen molar-refractivity contribution in [2.75, 3.05) is 29.5 Å². The van der Waals surface area contributed by atoms with Crippen molar-refractivity contribution in [2.45, 2.75) is 6.54 Å². The molecule has 6 nitrogen and oxygen atoms in total. The van der Waals surface area contributed by atoms with Crippen molar-refractivity contribution in [1.82, 2.24) is 15.0 Å². The smallest absolute Gasteiger partial charge is 0.148 e. The van der Waals surface area contributed by atoms with E-state index in [-0.39, 0.29) is 5.82 Å². The van der Waals surface area contributed by atoms with Crippen LogP contribution in [0.3, 0.4) is 0 Å². The van der Waals surface area contributed by atoms with Gasteiger partial charge in [-0.2, -0.15) is 0 Å². The van der Waals surface area contributed by atoms with Crippen LogP contribution in [-0.2, 0) is 17.7 Å². The highest BCUT2D eigenvalue weighted by atomic mass is 32.2. The number of isothiocyanates is 1. The van der Waals surface area contributed by atoms with Gasteiger partial charge in [-0.3, -0.25) is 0 Å². The molecule has 0 spiro atoms. The van der Waals surface area contributed by atoms with Crippen LogP contribution in [0.4, 0.5) is 10.1 Å². The Morgan fingerprint density at radius 1 is 1.39 bits per heavy atom. The van der Waals surface area contributed by atoms with Gasteiger partial charge >= 0.3 is 0 Å². The molecule has 23 heavy (non-hydrogen) atoms. The molecule has 0 saturated carbocycles. The van der Waals surface area contributed by atoms with Gasteiger partial charge in [0, 0.05) is 6.07 Å². The first kappa shape index (κ1) is 16.1. The number of thiocarbonyl (C=S) groups is 1. The van der Waals surface area contributed by atoms with Crippen molar-refractivity contribution in [3.05, 3.63) is 35.9 Å². The van der Waals surface area contributed by atoms with Gasteiger partial charge in [-0.1, -0.05) is 16.4 Å². The molecule has 1 aliphatic heterocycles. The van der Waals surface area contributed by atoms with Gasteiger partial charge in [0.15, 0.2) is 0 Å². The van der Waals surface area contributed by atoms with Gasteiger partial charge in [-0.25, -0.2) is 14.1 Å². The Balaban J connectivity index is 1.78. The number of hydrogen-bond acceptors (Lipinski definition) is 6. The molecule has 1 aromatic carbocycles. The van der Waals surface area contributed by atoms with E-state index in [0.717, 1.165) is 0 Å². The number of nitrogens with zero attached hydrogens (tertiary/aromatic N) is 5. The molecule has 0 atom stereocenters. The SMILES string of the molecule is [O-][S+]1CCN(c2ccc(-n3cc(CN=C=S)nn3)cc2F)CC1. The third-order valence-electron chi connectivity index (χ3n) is 3.56. The fourth-order valence-electron chi connectivity index (χ4n) is 2.38. The Morgan fingerprint density at radius 3 is 2.87 bits per heavy atom. The Hall–Kier alpha value is -1.80. The minimum absolute atomic E-state index is 0.301. The van der Waals surface area contributed by atoms with Crippen LogP contribution in [0.25, 0.3) is 5.69 Å². The molecule has 120 valence electrons. The summed E-state index contributed by atoms with van der Waals surface area (Å²) in [5, 5.41) is 10.2. The van der Waals surface area contributed by atoms with Gasteiger partial charge in [-0.05, 0) is 24.4 Å². The van der Waals surface area contributed by atoms with E-state index in [1.165, 1.54) is 10.7 Å². The van der Waals surface area contributed by atoms with Crippen LogP contribution in [0.15, 0.2) is 29.4 Å². The summed E-state index contributed by atoms with van der Waals surface area (Å²) in [7, 11) is 0. The van der Waals surface area contributed by atoms with E-state index in [4.69, 9.17) is 0 Å². The second-order valence-electron chi connectivity index (χ2n) is 5.03. The summed E-state index contributed by atoms with van der Waals surface area (Å²) in [5.41, 5.74) is 1.73. The minimum atomic E-state index is -0.784. The van der Waals surface area contributed by atoms with Crippen LogP contribution in [0, 0.1) is 5.82 Å². The third kappa shape index (κ3) is 3.76. The molecular formula is C14H14FN5OS2. The summed E-state index contributed by atoms with van der Waals surface area (Å²) in [6.07, 6.45) is 1.68. The lowest BCUT2D eigenvalue weighted by Crippen LogP contribution is -2.40. The summed E-state index contributed by atoms with van der Waals surface area (Å²) in [4.78, 5) is 5.71. The number of aromatic nitrogens is 3. The Kier molecular flexibility index (Phi) is 5.02. The van der Waals surface area contributed by atoms with Crippen molar-refractivity contribution < 1.29 is 8.94 Å². The maximum Gasteiger partial charge on any atom is 0.148 e. The molecule has 3 rings (SSSR count). The van der Waals surface area contributed by atoms with Crippen molar-refractivity contribution >= 4 is 34.2 Å². The van der Waals surface area contributed by atoms with Crippen LogP contribution in [0.2, 0.25) is 0 Å². The standard InChI is InChI=1S/C14H14FN5OS2/c15-13-7-12(20-9-11(17-18-20)8-16-10-22)1-2-14(13)19-3-5-23(21)6-4-19/h1-2,7,9H,3-6,8H2. The van der Waals surface area contributed by atoms with Crippen molar-refractivity contribution in [3.63, 3.8) is 0 Å². The highest BCUT2D eigenvalue weighted by Crippen LogP contribution is 2.23. The molecule has 2 heterocycles. The van der Waals surface area contributed by atoms with Crippen LogP contribution in [0.5, 0.6) is 0 Å². The first-order valence-corrected chi connectivity index (χ1v) is 8.91. The number of rotatable bonds is 4. The number of anilines is 1. The highest BCUT2D eigenvalue weighted by Gasteiger charge is 2.22. The monoisotopic (exact) mass is 351 g/mol. The summed E-state index contributed by atoms with van der Waals surface area (Å²) >= 11 is 3.72. The molecule has 0 aliphatic carbocycles. The van der Waals surface area contributed by atoms with Crippen molar-refractivity contribution in [1.29, 1.82) is 0 Å². The summed E-state index contributed by atoms with van der Waals surface area (Å²) in [6, 6.07) is 4.92. The van der Waals surface area contributed by atoms with E-state index in [2.05, 4.69) is 32.7 Å². The molecule has 9 heteroatoms. The summed E-state index contributed by atoms with van der Waals surface area (Å²) < 4.78 is 27.3. The molecule has 1 aliphatic rings. The van der Waals surface area contributed by atoms with E-state index in [9.17, 15) is 8.94 Å². The molecule has 0 N–H and O–H groups in total. The molecule has 1 saturated heterocycles. The number of aliphatic imine (C=N–C) groups is 1. The van der Waals surface area contributed by atoms with E-state index < -0.39 is 11.2 Å². The minimum Gasteiger partial charge on any atom is -0.616 e. The van der Waals surface area contributed by atoms with E-state index in [0.29, 0.717) is 48.2 Å². The molecule has 0 amide bonds. The first-order chi connectivity index (χ1) is 11.2. The van der Waals surface area contributed by atoms with E-state index >= 15 is 0 Å².